The molecule has 3 aromatic carbocycles. The largest absolute Gasteiger partial charge is 0.422 e. The van der Waals surface area contributed by atoms with Gasteiger partial charge in [-0.15, -0.1) is 0 Å². The molecule has 0 aliphatic carbocycles. The summed E-state index contributed by atoms with van der Waals surface area (Å²) in [5, 5.41) is 0. The van der Waals surface area contributed by atoms with E-state index in [0.717, 1.165) is 15.6 Å². The summed E-state index contributed by atoms with van der Waals surface area (Å²) in [5.41, 5.74) is 2.41. The maximum absolute atomic E-state index is 12.4. The predicted molar refractivity (Wildman–Crippen MR) is 91.0 cm³/mol. The van der Waals surface area contributed by atoms with Crippen LogP contribution in [0.3, 0.4) is 0 Å². The monoisotopic (exact) mass is 352 g/mol. The number of benzene rings is 3. The fourth-order valence-corrected chi connectivity index (χ4v) is 2.64. The van der Waals surface area contributed by atoms with Crippen molar-refractivity contribution in [1.29, 1.82) is 0 Å². The molecule has 0 unspecified atom stereocenters. The Balaban J connectivity index is 1.94. The number of carbonyl (C=O) groups excluding carboxylic acids is 1. The topological polar surface area (TPSA) is 26.3 Å². The molecular weight excluding hydrogens is 340 g/mol. The van der Waals surface area contributed by atoms with E-state index >= 15 is 0 Å². The summed E-state index contributed by atoms with van der Waals surface area (Å²) in [4.78, 5) is 12.4. The van der Waals surface area contributed by atoms with E-state index in [4.69, 9.17) is 4.74 Å². The molecule has 0 saturated carbocycles. The van der Waals surface area contributed by atoms with Gasteiger partial charge in [-0.25, -0.2) is 4.79 Å². The zero-order valence-electron chi connectivity index (χ0n) is 11.7. The molecular formula is C19H13BrO2. The Morgan fingerprint density at radius 1 is 0.773 bits per heavy atom. The lowest BCUT2D eigenvalue weighted by Crippen LogP contribution is -2.09. The van der Waals surface area contributed by atoms with Gasteiger partial charge in [-0.3, -0.25) is 0 Å². The molecule has 0 fully saturated rings. The Bertz CT molecular complexity index is 797. The average molecular weight is 353 g/mol. The second-order valence-electron chi connectivity index (χ2n) is 4.73. The van der Waals surface area contributed by atoms with Gasteiger partial charge < -0.3 is 4.74 Å². The Morgan fingerprint density at radius 2 is 1.41 bits per heavy atom. The van der Waals surface area contributed by atoms with Gasteiger partial charge >= 0.3 is 5.97 Å². The third-order valence-electron chi connectivity index (χ3n) is 3.27. The van der Waals surface area contributed by atoms with E-state index in [2.05, 4.69) is 15.9 Å². The number of ether oxygens (including phenoxy) is 1. The van der Waals surface area contributed by atoms with E-state index in [1.165, 1.54) is 0 Å². The molecule has 3 aromatic rings. The van der Waals surface area contributed by atoms with Crippen molar-refractivity contribution in [1.82, 2.24) is 0 Å². The van der Waals surface area contributed by atoms with Crippen molar-refractivity contribution >= 4 is 21.9 Å². The van der Waals surface area contributed by atoms with Crippen LogP contribution in [0.2, 0.25) is 0 Å². The maximum atomic E-state index is 12.4. The van der Waals surface area contributed by atoms with Crippen molar-refractivity contribution in [2.75, 3.05) is 0 Å². The summed E-state index contributed by atoms with van der Waals surface area (Å²) in [7, 11) is 0. The first-order chi connectivity index (χ1) is 10.8. The van der Waals surface area contributed by atoms with Crippen LogP contribution >= 0.6 is 15.9 Å². The standard InChI is InChI=1S/C19H13BrO2/c20-17-12-6-4-11-16(17)19(21)22-18-13-7-5-10-15(18)14-8-2-1-3-9-14/h1-13H. The molecule has 0 heterocycles. The number of hydrogen-bond acceptors (Lipinski definition) is 2. The molecule has 108 valence electrons. The van der Waals surface area contributed by atoms with Crippen molar-refractivity contribution in [3.63, 3.8) is 0 Å². The van der Waals surface area contributed by atoms with Crippen molar-refractivity contribution in [3.05, 3.63) is 88.9 Å². The van der Waals surface area contributed by atoms with Crippen molar-refractivity contribution < 1.29 is 9.53 Å². The zero-order valence-corrected chi connectivity index (χ0v) is 13.3. The summed E-state index contributed by atoms with van der Waals surface area (Å²) in [6.45, 7) is 0. The maximum Gasteiger partial charge on any atom is 0.344 e. The van der Waals surface area contributed by atoms with Gasteiger partial charge in [0.15, 0.2) is 0 Å². The normalized spacial score (nSPS) is 10.2. The van der Waals surface area contributed by atoms with E-state index in [-0.39, 0.29) is 5.97 Å². The highest BCUT2D eigenvalue weighted by atomic mass is 79.9. The predicted octanol–water partition coefficient (Wildman–Crippen LogP) is 5.34. The van der Waals surface area contributed by atoms with Crippen LogP contribution in [0.4, 0.5) is 0 Å². The van der Waals surface area contributed by atoms with Gasteiger partial charge in [-0.05, 0) is 39.7 Å². The lowest BCUT2D eigenvalue weighted by atomic mass is 10.0. The molecule has 0 aromatic heterocycles. The second-order valence-corrected chi connectivity index (χ2v) is 5.59. The van der Waals surface area contributed by atoms with Crippen LogP contribution in [0.1, 0.15) is 10.4 Å². The van der Waals surface area contributed by atoms with E-state index in [1.807, 2.05) is 66.7 Å². The van der Waals surface area contributed by atoms with E-state index in [0.29, 0.717) is 11.3 Å². The molecule has 3 heteroatoms. The van der Waals surface area contributed by atoms with Crippen LogP contribution in [-0.2, 0) is 0 Å². The highest BCUT2D eigenvalue weighted by Crippen LogP contribution is 2.30. The van der Waals surface area contributed by atoms with E-state index in [1.54, 1.807) is 12.1 Å². The number of esters is 1. The van der Waals surface area contributed by atoms with Crippen molar-refractivity contribution in [2.24, 2.45) is 0 Å². The molecule has 0 radical (unpaired) electrons. The van der Waals surface area contributed by atoms with Crippen molar-refractivity contribution in [3.8, 4) is 16.9 Å². The molecule has 22 heavy (non-hydrogen) atoms. The minimum absolute atomic E-state index is 0.379. The van der Waals surface area contributed by atoms with Crippen LogP contribution in [0, 0.1) is 0 Å². The van der Waals surface area contributed by atoms with Gasteiger partial charge in [0, 0.05) is 10.0 Å². The third kappa shape index (κ3) is 3.10. The van der Waals surface area contributed by atoms with E-state index < -0.39 is 0 Å². The van der Waals surface area contributed by atoms with Crippen molar-refractivity contribution in [2.45, 2.75) is 0 Å². The highest BCUT2D eigenvalue weighted by molar-refractivity contribution is 9.10. The molecule has 0 aliphatic rings. The Kier molecular flexibility index (Phi) is 4.35. The number of carbonyl (C=O) groups is 1. The van der Waals surface area contributed by atoms with Crippen LogP contribution in [0.25, 0.3) is 11.1 Å². The highest BCUT2D eigenvalue weighted by Gasteiger charge is 2.14. The van der Waals surface area contributed by atoms with Gasteiger partial charge in [-0.2, -0.15) is 0 Å². The minimum atomic E-state index is -0.379. The van der Waals surface area contributed by atoms with E-state index in [9.17, 15) is 4.79 Å². The van der Waals surface area contributed by atoms with Crippen LogP contribution in [0.5, 0.6) is 5.75 Å². The second kappa shape index (κ2) is 6.58. The van der Waals surface area contributed by atoms with Gasteiger partial charge in [0.25, 0.3) is 0 Å². The van der Waals surface area contributed by atoms with Gasteiger partial charge in [0.05, 0.1) is 5.56 Å². The smallest absolute Gasteiger partial charge is 0.344 e. The first kappa shape index (κ1) is 14.5. The summed E-state index contributed by atoms with van der Waals surface area (Å²) < 4.78 is 6.32. The fraction of sp³-hybridized carbons (Fsp3) is 0. The van der Waals surface area contributed by atoms with Gasteiger partial charge in [-0.1, -0.05) is 60.7 Å². The van der Waals surface area contributed by atoms with Crippen LogP contribution in [0.15, 0.2) is 83.3 Å². The molecule has 0 spiro atoms. The quantitative estimate of drug-likeness (QED) is 0.470. The minimum Gasteiger partial charge on any atom is -0.422 e. The summed E-state index contributed by atoms with van der Waals surface area (Å²) in [5.74, 6) is 0.172. The van der Waals surface area contributed by atoms with Gasteiger partial charge in [0.1, 0.15) is 5.75 Å². The summed E-state index contributed by atoms with van der Waals surface area (Å²) in [6.07, 6.45) is 0. The molecule has 0 saturated heterocycles. The summed E-state index contributed by atoms with van der Waals surface area (Å²) in [6, 6.07) is 24.6. The molecule has 0 atom stereocenters. The molecule has 0 amide bonds. The van der Waals surface area contributed by atoms with Gasteiger partial charge in [0.2, 0.25) is 0 Å². The van der Waals surface area contributed by atoms with Crippen LogP contribution < -0.4 is 4.74 Å². The number of para-hydroxylation sites is 1. The Morgan fingerprint density at radius 3 is 2.18 bits per heavy atom. The zero-order chi connectivity index (χ0) is 15.4. The average Bonchev–Trinajstić information content (AvgIpc) is 2.56. The molecule has 0 aliphatic heterocycles. The lowest BCUT2D eigenvalue weighted by molar-refractivity contribution is 0.0734. The lowest BCUT2D eigenvalue weighted by Gasteiger charge is -2.11. The SMILES string of the molecule is O=C(Oc1ccccc1-c1ccccc1)c1ccccc1Br. The Labute approximate surface area is 137 Å². The summed E-state index contributed by atoms with van der Waals surface area (Å²) >= 11 is 3.37. The molecule has 0 N–H and O–H groups in total. The first-order valence-electron chi connectivity index (χ1n) is 6.87. The number of rotatable bonds is 3. The number of halogens is 1. The fourth-order valence-electron chi connectivity index (χ4n) is 2.19. The number of hydrogen-bond donors (Lipinski definition) is 0. The van der Waals surface area contributed by atoms with Crippen LogP contribution in [-0.4, -0.2) is 5.97 Å². The molecule has 2 nitrogen and oxygen atoms in total. The Hall–Kier alpha value is -2.39. The first-order valence-corrected chi connectivity index (χ1v) is 7.66. The third-order valence-corrected chi connectivity index (χ3v) is 3.96. The molecule has 3 rings (SSSR count). The molecule has 0 bridgehead atoms.